The van der Waals surface area contributed by atoms with Gasteiger partial charge in [0.15, 0.2) is 11.5 Å². The van der Waals surface area contributed by atoms with Gasteiger partial charge in [-0.3, -0.25) is 4.79 Å². The van der Waals surface area contributed by atoms with Crippen molar-refractivity contribution in [3.63, 3.8) is 0 Å². The molecule has 5 rings (SSSR count). The van der Waals surface area contributed by atoms with Crippen molar-refractivity contribution in [3.05, 3.63) is 70.4 Å². The average molecular weight is 538 g/mol. The molecule has 2 aliphatic heterocycles. The molecule has 2 aromatic carbocycles. The Morgan fingerprint density at radius 2 is 1.95 bits per heavy atom. The van der Waals surface area contributed by atoms with E-state index in [1.165, 1.54) is 0 Å². The molecule has 3 aromatic rings. The molecule has 0 aliphatic carbocycles. The van der Waals surface area contributed by atoms with Gasteiger partial charge in [0.05, 0.1) is 19.8 Å². The quantitative estimate of drug-likeness (QED) is 0.402. The topological polar surface area (TPSA) is 89.6 Å². The monoisotopic (exact) mass is 537 g/mol. The molecule has 3 amide bonds. The standard InChI is InChI=1S/C28H31N3O6S/c1-34-22-6-2-5-21(14-22)29-28(33)31(16-23-7-3-11-35-23)18-27(32)30(17-24-8-4-12-38-24)15-20-9-10-25-26(13-20)37-19-36-25/h2,4-6,8-10,12-14,23H,3,7,11,15-19H2,1H3,(H,29,33)/t23-/m1/s1. The van der Waals surface area contributed by atoms with Gasteiger partial charge >= 0.3 is 6.03 Å². The summed E-state index contributed by atoms with van der Waals surface area (Å²) in [4.78, 5) is 31.5. The number of rotatable bonds is 10. The first-order valence-corrected chi connectivity index (χ1v) is 13.5. The second-order valence-corrected chi connectivity index (χ2v) is 10.2. The number of nitrogens with zero attached hydrogens (tertiary/aromatic N) is 2. The van der Waals surface area contributed by atoms with Crippen molar-refractivity contribution in [1.29, 1.82) is 0 Å². The third-order valence-corrected chi connectivity index (χ3v) is 7.33. The first-order valence-electron chi connectivity index (χ1n) is 12.6. The zero-order valence-corrected chi connectivity index (χ0v) is 22.1. The van der Waals surface area contributed by atoms with Crippen molar-refractivity contribution in [2.45, 2.75) is 32.0 Å². The van der Waals surface area contributed by atoms with Gasteiger partial charge < -0.3 is 34.1 Å². The summed E-state index contributed by atoms with van der Waals surface area (Å²) in [6, 6.07) is 16.4. The predicted molar refractivity (Wildman–Crippen MR) is 144 cm³/mol. The maximum Gasteiger partial charge on any atom is 0.322 e. The summed E-state index contributed by atoms with van der Waals surface area (Å²) in [6.45, 7) is 1.93. The van der Waals surface area contributed by atoms with Gasteiger partial charge in [-0.1, -0.05) is 18.2 Å². The van der Waals surface area contributed by atoms with Crippen LogP contribution in [0.2, 0.25) is 0 Å². The molecule has 0 radical (unpaired) electrons. The van der Waals surface area contributed by atoms with E-state index in [1.54, 1.807) is 46.4 Å². The SMILES string of the molecule is COc1cccc(NC(=O)N(CC(=O)N(Cc2ccc3c(c2)OCO3)Cc2cccs2)C[C@H]2CCCO2)c1. The molecule has 2 aliphatic rings. The average Bonchev–Trinajstić information content (AvgIpc) is 3.71. The largest absolute Gasteiger partial charge is 0.497 e. The number of carbonyl (C=O) groups excluding carboxylic acids is 2. The van der Waals surface area contributed by atoms with Crippen LogP contribution in [-0.2, 0) is 22.6 Å². The van der Waals surface area contributed by atoms with Gasteiger partial charge in [0.25, 0.3) is 0 Å². The molecule has 0 spiro atoms. The van der Waals surface area contributed by atoms with Gasteiger partial charge in [0.2, 0.25) is 12.7 Å². The molecule has 1 fully saturated rings. The summed E-state index contributed by atoms with van der Waals surface area (Å²) < 4.78 is 22.0. The Kier molecular flexibility index (Phi) is 8.30. The second-order valence-electron chi connectivity index (χ2n) is 9.19. The molecule has 1 N–H and O–H groups in total. The number of thiophene rings is 1. The lowest BCUT2D eigenvalue weighted by atomic mass is 10.1. The lowest BCUT2D eigenvalue weighted by Crippen LogP contribution is -2.46. The minimum Gasteiger partial charge on any atom is -0.497 e. The molecule has 3 heterocycles. The van der Waals surface area contributed by atoms with Crippen LogP contribution in [0.25, 0.3) is 0 Å². The number of hydrogen-bond donors (Lipinski definition) is 1. The van der Waals surface area contributed by atoms with E-state index < -0.39 is 0 Å². The fourth-order valence-corrected chi connectivity index (χ4v) is 5.22. The number of benzene rings is 2. The van der Waals surface area contributed by atoms with E-state index in [-0.39, 0.29) is 31.4 Å². The Morgan fingerprint density at radius 3 is 2.74 bits per heavy atom. The van der Waals surface area contributed by atoms with E-state index in [4.69, 9.17) is 18.9 Å². The first kappa shape index (κ1) is 25.9. The van der Waals surface area contributed by atoms with Crippen LogP contribution < -0.4 is 19.5 Å². The minimum atomic E-state index is -0.360. The molecule has 200 valence electrons. The maximum atomic E-state index is 13.7. The molecule has 1 atom stereocenters. The zero-order valence-electron chi connectivity index (χ0n) is 21.3. The van der Waals surface area contributed by atoms with E-state index in [9.17, 15) is 9.59 Å². The van der Waals surface area contributed by atoms with Crippen LogP contribution in [0.3, 0.4) is 0 Å². The van der Waals surface area contributed by atoms with E-state index in [2.05, 4.69) is 5.32 Å². The Morgan fingerprint density at radius 1 is 1.05 bits per heavy atom. The Hall–Kier alpha value is -3.76. The van der Waals surface area contributed by atoms with Crippen LogP contribution in [0.4, 0.5) is 10.5 Å². The van der Waals surface area contributed by atoms with E-state index in [1.807, 2.05) is 41.8 Å². The van der Waals surface area contributed by atoms with Crippen LogP contribution in [0.5, 0.6) is 17.2 Å². The summed E-state index contributed by atoms with van der Waals surface area (Å²) in [5, 5.41) is 4.90. The third-order valence-electron chi connectivity index (χ3n) is 6.47. The predicted octanol–water partition coefficient (Wildman–Crippen LogP) is 4.73. The summed E-state index contributed by atoms with van der Waals surface area (Å²) in [5.74, 6) is 1.84. The molecule has 1 aromatic heterocycles. The fraction of sp³-hybridized carbons (Fsp3) is 0.357. The van der Waals surface area contributed by atoms with Crippen molar-refractivity contribution in [2.24, 2.45) is 0 Å². The van der Waals surface area contributed by atoms with E-state index in [0.29, 0.717) is 49.2 Å². The van der Waals surface area contributed by atoms with Crippen molar-refractivity contribution < 1.29 is 28.5 Å². The highest BCUT2D eigenvalue weighted by molar-refractivity contribution is 7.09. The summed E-state index contributed by atoms with van der Waals surface area (Å²) in [7, 11) is 1.58. The van der Waals surface area contributed by atoms with Crippen molar-refractivity contribution in [1.82, 2.24) is 9.80 Å². The number of amides is 3. The number of fused-ring (bicyclic) bond motifs is 1. The van der Waals surface area contributed by atoms with E-state index >= 15 is 0 Å². The number of carbonyl (C=O) groups is 2. The molecule has 1 saturated heterocycles. The number of anilines is 1. The van der Waals surface area contributed by atoms with E-state index in [0.717, 1.165) is 23.3 Å². The molecule has 9 nitrogen and oxygen atoms in total. The van der Waals surface area contributed by atoms with Crippen molar-refractivity contribution >= 4 is 29.0 Å². The molecule has 0 bridgehead atoms. The van der Waals surface area contributed by atoms with Crippen LogP contribution in [0, 0.1) is 0 Å². The van der Waals surface area contributed by atoms with Gasteiger partial charge in [-0.25, -0.2) is 4.79 Å². The summed E-state index contributed by atoms with van der Waals surface area (Å²) >= 11 is 1.59. The highest BCUT2D eigenvalue weighted by Crippen LogP contribution is 2.33. The van der Waals surface area contributed by atoms with Crippen LogP contribution in [0.15, 0.2) is 60.0 Å². The smallest absolute Gasteiger partial charge is 0.322 e. The molecule has 0 unspecified atom stereocenters. The van der Waals surface area contributed by atoms with Crippen molar-refractivity contribution in [2.75, 3.05) is 38.9 Å². The van der Waals surface area contributed by atoms with Gasteiger partial charge in [0, 0.05) is 36.3 Å². The lowest BCUT2D eigenvalue weighted by molar-refractivity contribution is -0.133. The Labute approximate surface area is 225 Å². The molecule has 38 heavy (non-hydrogen) atoms. The number of nitrogens with one attached hydrogen (secondary N) is 1. The fourth-order valence-electron chi connectivity index (χ4n) is 4.50. The van der Waals surface area contributed by atoms with Gasteiger partial charge in [-0.15, -0.1) is 11.3 Å². The number of urea groups is 1. The molecular formula is C28H31N3O6S. The van der Waals surface area contributed by atoms with Gasteiger partial charge in [-0.05, 0) is 54.1 Å². The normalized spacial score (nSPS) is 15.8. The Balaban J connectivity index is 1.33. The minimum absolute atomic E-state index is 0.0778. The van der Waals surface area contributed by atoms with Crippen molar-refractivity contribution in [3.8, 4) is 17.2 Å². The first-order chi connectivity index (χ1) is 18.6. The molecule has 0 saturated carbocycles. The van der Waals surface area contributed by atoms with Crippen LogP contribution in [0.1, 0.15) is 23.3 Å². The number of ether oxygens (including phenoxy) is 4. The van der Waals surface area contributed by atoms with Crippen LogP contribution in [-0.4, -0.2) is 61.4 Å². The van der Waals surface area contributed by atoms with Crippen LogP contribution >= 0.6 is 11.3 Å². The Bertz CT molecular complexity index is 1250. The van der Waals surface area contributed by atoms with Gasteiger partial charge in [0.1, 0.15) is 12.3 Å². The highest BCUT2D eigenvalue weighted by Gasteiger charge is 2.27. The number of hydrogen-bond acceptors (Lipinski definition) is 7. The highest BCUT2D eigenvalue weighted by atomic mass is 32.1. The van der Waals surface area contributed by atoms with Gasteiger partial charge in [-0.2, -0.15) is 0 Å². The third kappa shape index (κ3) is 6.56. The zero-order chi connectivity index (χ0) is 26.3. The molecular weight excluding hydrogens is 506 g/mol. The molecule has 10 heteroatoms. The second kappa shape index (κ2) is 12.2. The summed E-state index contributed by atoms with van der Waals surface area (Å²) in [5.41, 5.74) is 1.51. The summed E-state index contributed by atoms with van der Waals surface area (Å²) in [6.07, 6.45) is 1.70. The maximum absolute atomic E-state index is 13.7. The number of methoxy groups -OCH3 is 1. The lowest BCUT2D eigenvalue weighted by Gasteiger charge is -2.29.